The van der Waals surface area contributed by atoms with Crippen molar-refractivity contribution in [2.75, 3.05) is 20.1 Å². The summed E-state index contributed by atoms with van der Waals surface area (Å²) < 4.78 is 0. The zero-order valence-electron chi connectivity index (χ0n) is 9.11. The average Bonchev–Trinajstić information content (AvgIpc) is 2.18. The molecule has 2 atom stereocenters. The van der Waals surface area contributed by atoms with Gasteiger partial charge in [0.15, 0.2) is 0 Å². The Kier molecular flexibility index (Phi) is 2.87. The van der Waals surface area contributed by atoms with E-state index >= 15 is 0 Å². The first kappa shape index (κ1) is 9.72. The highest BCUT2D eigenvalue weighted by Crippen LogP contribution is 2.28. The van der Waals surface area contributed by atoms with E-state index in [0.717, 1.165) is 11.8 Å². The van der Waals surface area contributed by atoms with Crippen LogP contribution in [0, 0.1) is 5.92 Å². The number of nitrogens with zero attached hydrogens (tertiary/aromatic N) is 1. The van der Waals surface area contributed by atoms with Crippen LogP contribution in [0.25, 0.3) is 0 Å². The van der Waals surface area contributed by atoms with Crippen LogP contribution in [0.15, 0.2) is 30.3 Å². The number of likely N-dealkylation sites (N-methyl/N-ethyl adjacent to an activating group) is 1. The molecule has 1 aliphatic heterocycles. The molecular weight excluding hydrogens is 170 g/mol. The van der Waals surface area contributed by atoms with Gasteiger partial charge in [0.05, 0.1) is 0 Å². The Morgan fingerprint density at radius 1 is 1.14 bits per heavy atom. The summed E-state index contributed by atoms with van der Waals surface area (Å²) in [4.78, 5) is 2.45. The molecule has 0 spiro atoms. The van der Waals surface area contributed by atoms with E-state index in [-0.39, 0.29) is 0 Å². The van der Waals surface area contributed by atoms with Crippen LogP contribution in [-0.4, -0.2) is 25.0 Å². The average molecular weight is 189 g/mol. The molecule has 0 aliphatic carbocycles. The standard InChI is InChI=1S/C13H19N/c1-11-8-13(10-14(2)9-11)12-6-4-3-5-7-12/h3-7,11,13H,8-10H2,1-2H3/t11-,13+/m1/s1. The summed E-state index contributed by atoms with van der Waals surface area (Å²) in [6.45, 7) is 4.82. The maximum absolute atomic E-state index is 2.45. The molecule has 0 saturated carbocycles. The van der Waals surface area contributed by atoms with E-state index in [2.05, 4.69) is 49.2 Å². The van der Waals surface area contributed by atoms with Gasteiger partial charge >= 0.3 is 0 Å². The largest absolute Gasteiger partial charge is 0.305 e. The van der Waals surface area contributed by atoms with Gasteiger partial charge in [-0.25, -0.2) is 0 Å². The lowest BCUT2D eigenvalue weighted by atomic mass is 9.86. The molecule has 1 heteroatoms. The summed E-state index contributed by atoms with van der Waals surface area (Å²) in [5.74, 6) is 1.57. The van der Waals surface area contributed by atoms with Gasteiger partial charge in [-0.15, -0.1) is 0 Å². The van der Waals surface area contributed by atoms with Crippen LogP contribution < -0.4 is 0 Å². The fraction of sp³-hybridized carbons (Fsp3) is 0.538. The lowest BCUT2D eigenvalue weighted by molar-refractivity contribution is 0.198. The maximum Gasteiger partial charge on any atom is 0.00474 e. The molecule has 2 rings (SSSR count). The topological polar surface area (TPSA) is 3.24 Å². The lowest BCUT2D eigenvalue weighted by Gasteiger charge is -2.34. The predicted molar refractivity (Wildman–Crippen MR) is 60.5 cm³/mol. The van der Waals surface area contributed by atoms with Gasteiger partial charge in [0, 0.05) is 13.1 Å². The number of hydrogen-bond donors (Lipinski definition) is 0. The zero-order valence-corrected chi connectivity index (χ0v) is 9.11. The number of likely N-dealkylation sites (tertiary alicyclic amines) is 1. The molecule has 1 fully saturated rings. The Bertz CT molecular complexity index is 271. The van der Waals surface area contributed by atoms with E-state index in [1.807, 2.05) is 0 Å². The first-order chi connectivity index (χ1) is 6.75. The fourth-order valence-electron chi connectivity index (χ4n) is 2.58. The van der Waals surface area contributed by atoms with Crippen molar-refractivity contribution < 1.29 is 0 Å². The maximum atomic E-state index is 2.45. The van der Waals surface area contributed by atoms with Crippen molar-refractivity contribution in [1.82, 2.24) is 4.90 Å². The van der Waals surface area contributed by atoms with E-state index in [9.17, 15) is 0 Å². The molecule has 1 aliphatic rings. The van der Waals surface area contributed by atoms with Crippen LogP contribution in [0.5, 0.6) is 0 Å². The Morgan fingerprint density at radius 3 is 2.50 bits per heavy atom. The van der Waals surface area contributed by atoms with Crippen LogP contribution in [0.2, 0.25) is 0 Å². The number of hydrogen-bond acceptors (Lipinski definition) is 1. The van der Waals surface area contributed by atoms with Gasteiger partial charge in [-0.2, -0.15) is 0 Å². The highest BCUT2D eigenvalue weighted by Gasteiger charge is 2.23. The van der Waals surface area contributed by atoms with Crippen molar-refractivity contribution in [2.45, 2.75) is 19.3 Å². The summed E-state index contributed by atoms with van der Waals surface area (Å²) >= 11 is 0. The number of rotatable bonds is 1. The van der Waals surface area contributed by atoms with Crippen LogP contribution in [0.1, 0.15) is 24.8 Å². The highest BCUT2D eigenvalue weighted by atomic mass is 15.1. The molecule has 1 aromatic rings. The van der Waals surface area contributed by atoms with Crippen LogP contribution in [0.4, 0.5) is 0 Å². The van der Waals surface area contributed by atoms with Gasteiger partial charge in [0.25, 0.3) is 0 Å². The quantitative estimate of drug-likeness (QED) is 0.656. The van der Waals surface area contributed by atoms with Crippen molar-refractivity contribution in [2.24, 2.45) is 5.92 Å². The fourth-order valence-corrected chi connectivity index (χ4v) is 2.58. The third-order valence-electron chi connectivity index (χ3n) is 3.11. The van der Waals surface area contributed by atoms with Gasteiger partial charge in [-0.05, 0) is 30.9 Å². The van der Waals surface area contributed by atoms with Crippen LogP contribution in [-0.2, 0) is 0 Å². The van der Waals surface area contributed by atoms with Crippen molar-refractivity contribution in [3.05, 3.63) is 35.9 Å². The van der Waals surface area contributed by atoms with Crippen molar-refractivity contribution in [3.8, 4) is 0 Å². The third kappa shape index (κ3) is 2.16. The van der Waals surface area contributed by atoms with E-state index < -0.39 is 0 Å². The molecule has 76 valence electrons. The smallest absolute Gasteiger partial charge is 0.00474 e. The van der Waals surface area contributed by atoms with Crippen molar-refractivity contribution in [1.29, 1.82) is 0 Å². The summed E-state index contributed by atoms with van der Waals surface area (Å²) in [5, 5.41) is 0. The van der Waals surface area contributed by atoms with Gasteiger partial charge in [-0.1, -0.05) is 37.3 Å². The Labute approximate surface area is 86.7 Å². The second-order valence-corrected chi connectivity index (χ2v) is 4.67. The van der Waals surface area contributed by atoms with E-state index in [1.54, 1.807) is 0 Å². The molecular formula is C13H19N. The summed E-state index contributed by atoms with van der Waals surface area (Å²) in [7, 11) is 2.23. The third-order valence-corrected chi connectivity index (χ3v) is 3.11. The summed E-state index contributed by atoms with van der Waals surface area (Å²) in [5.41, 5.74) is 1.51. The molecule has 0 amide bonds. The van der Waals surface area contributed by atoms with Gasteiger partial charge in [-0.3, -0.25) is 0 Å². The first-order valence-electron chi connectivity index (χ1n) is 5.49. The van der Waals surface area contributed by atoms with Crippen molar-refractivity contribution >= 4 is 0 Å². The molecule has 1 saturated heterocycles. The van der Waals surface area contributed by atoms with E-state index in [0.29, 0.717) is 0 Å². The molecule has 1 nitrogen and oxygen atoms in total. The highest BCUT2D eigenvalue weighted by molar-refractivity contribution is 5.20. The van der Waals surface area contributed by atoms with Crippen LogP contribution >= 0.6 is 0 Å². The molecule has 0 N–H and O–H groups in total. The lowest BCUT2D eigenvalue weighted by Crippen LogP contribution is -2.35. The molecule has 1 heterocycles. The predicted octanol–water partition coefficient (Wildman–Crippen LogP) is 2.74. The van der Waals surface area contributed by atoms with Gasteiger partial charge in [0.1, 0.15) is 0 Å². The number of piperidine rings is 1. The number of benzene rings is 1. The van der Waals surface area contributed by atoms with Gasteiger partial charge < -0.3 is 4.90 Å². The molecule has 14 heavy (non-hydrogen) atoms. The second-order valence-electron chi connectivity index (χ2n) is 4.67. The molecule has 0 bridgehead atoms. The van der Waals surface area contributed by atoms with Crippen LogP contribution in [0.3, 0.4) is 0 Å². The molecule has 0 unspecified atom stereocenters. The zero-order chi connectivity index (χ0) is 9.97. The minimum Gasteiger partial charge on any atom is -0.305 e. The Morgan fingerprint density at radius 2 is 1.86 bits per heavy atom. The Balaban J connectivity index is 2.11. The second kappa shape index (κ2) is 4.14. The monoisotopic (exact) mass is 189 g/mol. The van der Waals surface area contributed by atoms with E-state index in [1.165, 1.54) is 25.1 Å². The first-order valence-corrected chi connectivity index (χ1v) is 5.49. The minimum absolute atomic E-state index is 0.741. The SMILES string of the molecule is C[C@@H]1C[C@H](c2ccccc2)CN(C)C1. The van der Waals surface area contributed by atoms with Crippen molar-refractivity contribution in [3.63, 3.8) is 0 Å². The molecule has 0 radical (unpaired) electrons. The van der Waals surface area contributed by atoms with Gasteiger partial charge in [0.2, 0.25) is 0 Å². The summed E-state index contributed by atoms with van der Waals surface area (Å²) in [6.07, 6.45) is 1.34. The normalized spacial score (nSPS) is 29.0. The van der Waals surface area contributed by atoms with E-state index in [4.69, 9.17) is 0 Å². The Hall–Kier alpha value is -0.820. The molecule has 1 aromatic carbocycles. The minimum atomic E-state index is 0.741. The molecule has 0 aromatic heterocycles. The summed E-state index contributed by atoms with van der Waals surface area (Å²) in [6, 6.07) is 10.9.